The van der Waals surface area contributed by atoms with Gasteiger partial charge in [0.2, 0.25) is 5.91 Å². The number of benzene rings is 1. The smallest absolute Gasteiger partial charge is 0.409 e. The maximum atomic E-state index is 13.9. The van der Waals surface area contributed by atoms with E-state index in [1.165, 1.54) is 25.9 Å². The molecule has 2 aromatic rings. The monoisotopic (exact) mass is 676 g/mol. The van der Waals surface area contributed by atoms with Crippen LogP contribution in [0.15, 0.2) is 42.5 Å². The van der Waals surface area contributed by atoms with Crippen LogP contribution in [0.5, 0.6) is 0 Å². The van der Waals surface area contributed by atoms with Crippen LogP contribution in [0.3, 0.4) is 0 Å². The largest absolute Gasteiger partial charge is 0.481 e. The van der Waals surface area contributed by atoms with E-state index in [2.05, 4.69) is 22.0 Å². The lowest BCUT2D eigenvalue weighted by atomic mass is 9.95. The molecule has 0 unspecified atom stereocenters. The van der Waals surface area contributed by atoms with E-state index in [1.54, 1.807) is 15.9 Å². The Morgan fingerprint density at radius 2 is 1.61 bits per heavy atom. The fourth-order valence-corrected chi connectivity index (χ4v) is 6.97. The van der Waals surface area contributed by atoms with Gasteiger partial charge in [-0.3, -0.25) is 14.4 Å². The van der Waals surface area contributed by atoms with Crippen molar-refractivity contribution in [2.24, 2.45) is 5.92 Å². The number of piperazine rings is 1. The molecule has 12 heteroatoms. The number of carbonyl (C=O) groups excluding carboxylic acids is 3. The summed E-state index contributed by atoms with van der Waals surface area (Å²) < 4.78 is 5.37. The number of hydrogen-bond acceptors (Lipinski definition) is 8. The molecule has 5 rings (SSSR count). The third-order valence-corrected chi connectivity index (χ3v) is 9.88. The van der Waals surface area contributed by atoms with Crippen LogP contribution in [0.1, 0.15) is 75.2 Å². The van der Waals surface area contributed by atoms with Crippen LogP contribution < -0.4 is 10.2 Å². The third-order valence-electron chi connectivity index (χ3n) is 9.88. The highest BCUT2D eigenvalue weighted by Crippen LogP contribution is 2.29. The molecule has 3 fully saturated rings. The van der Waals surface area contributed by atoms with Gasteiger partial charge in [0, 0.05) is 63.5 Å². The zero-order valence-corrected chi connectivity index (χ0v) is 28.9. The van der Waals surface area contributed by atoms with Gasteiger partial charge in [0.15, 0.2) is 0 Å². The first-order valence-electron chi connectivity index (χ1n) is 18.1. The molecule has 4 heterocycles. The Labute approximate surface area is 289 Å². The molecule has 49 heavy (non-hydrogen) atoms. The minimum Gasteiger partial charge on any atom is -0.481 e. The van der Waals surface area contributed by atoms with Crippen molar-refractivity contribution < 1.29 is 29.0 Å². The number of carbonyl (C=O) groups is 4. The van der Waals surface area contributed by atoms with Gasteiger partial charge >= 0.3 is 12.1 Å². The Hall–Kier alpha value is -4.19. The van der Waals surface area contributed by atoms with Gasteiger partial charge in [-0.1, -0.05) is 50.1 Å². The number of ether oxygens (including phenoxy) is 1. The van der Waals surface area contributed by atoms with E-state index in [0.29, 0.717) is 31.3 Å². The Kier molecular flexibility index (Phi) is 13.3. The normalized spacial score (nSPS) is 17.9. The van der Waals surface area contributed by atoms with Crippen LogP contribution in [0.2, 0.25) is 0 Å². The molecular formula is C37H52N6O6. The second-order valence-electron chi connectivity index (χ2n) is 13.5. The number of pyridine rings is 1. The number of likely N-dealkylation sites (tertiary alicyclic amines) is 1. The van der Waals surface area contributed by atoms with Crippen LogP contribution in [0, 0.1) is 5.92 Å². The number of hydrogen-bond donors (Lipinski definition) is 2. The molecule has 12 nitrogen and oxygen atoms in total. The number of carboxylic acids is 1. The Morgan fingerprint density at radius 3 is 2.29 bits per heavy atom. The predicted molar refractivity (Wildman–Crippen MR) is 187 cm³/mol. The van der Waals surface area contributed by atoms with Crippen LogP contribution in [0.4, 0.5) is 10.5 Å². The topological polar surface area (TPSA) is 136 Å². The standard InChI is InChI=1S/C37H52N6O6/c1-2-3-9-24-49-37(48)43-22-20-42(21-23-43)36(47)31(12-13-34(44)45)39-35(46)33-26-30(25-32(38-33)29-10-5-4-6-11-29)41-18-14-28(15-19-41)27-40-16-7-8-17-40/h4-6,10-11,25-26,28,31H,2-3,7-9,12-24,27H2,1H3,(H,39,46)(H,44,45)/t31-/m0/s1. The molecule has 0 aliphatic carbocycles. The predicted octanol–water partition coefficient (Wildman–Crippen LogP) is 4.50. The van der Waals surface area contributed by atoms with Gasteiger partial charge in [0.25, 0.3) is 5.91 Å². The minimum absolute atomic E-state index is 0.0602. The van der Waals surface area contributed by atoms with Crippen molar-refractivity contribution in [3.05, 3.63) is 48.2 Å². The molecule has 1 aromatic heterocycles. The first-order valence-corrected chi connectivity index (χ1v) is 18.1. The molecule has 266 valence electrons. The molecule has 3 saturated heterocycles. The number of nitrogens with zero attached hydrogens (tertiary/aromatic N) is 5. The second kappa shape index (κ2) is 18.0. The zero-order chi connectivity index (χ0) is 34.6. The number of carboxylic acid groups (broad SMARTS) is 1. The van der Waals surface area contributed by atoms with Gasteiger partial charge in [0.1, 0.15) is 11.7 Å². The van der Waals surface area contributed by atoms with E-state index in [4.69, 9.17) is 9.72 Å². The van der Waals surface area contributed by atoms with Gasteiger partial charge in [-0.2, -0.15) is 0 Å². The van der Waals surface area contributed by atoms with Gasteiger partial charge in [-0.25, -0.2) is 9.78 Å². The molecule has 1 aromatic carbocycles. The maximum Gasteiger partial charge on any atom is 0.409 e. The fourth-order valence-electron chi connectivity index (χ4n) is 6.97. The number of nitrogens with one attached hydrogen (secondary N) is 1. The summed E-state index contributed by atoms with van der Waals surface area (Å²) >= 11 is 0. The summed E-state index contributed by atoms with van der Waals surface area (Å²) in [4.78, 5) is 64.3. The molecule has 3 aliphatic heterocycles. The Morgan fingerprint density at radius 1 is 0.918 bits per heavy atom. The summed E-state index contributed by atoms with van der Waals surface area (Å²) in [5.41, 5.74) is 2.63. The first-order chi connectivity index (χ1) is 23.8. The van der Waals surface area contributed by atoms with Crippen molar-refractivity contribution in [1.29, 1.82) is 0 Å². The Balaban J connectivity index is 1.27. The van der Waals surface area contributed by atoms with Gasteiger partial charge in [0.05, 0.1) is 12.3 Å². The van der Waals surface area contributed by atoms with E-state index in [-0.39, 0.29) is 37.5 Å². The molecular weight excluding hydrogens is 624 g/mol. The average molecular weight is 677 g/mol. The highest BCUT2D eigenvalue weighted by molar-refractivity contribution is 5.97. The molecule has 2 N–H and O–H groups in total. The summed E-state index contributed by atoms with van der Waals surface area (Å²) in [5.74, 6) is -1.29. The van der Waals surface area contributed by atoms with Crippen molar-refractivity contribution in [3.63, 3.8) is 0 Å². The first kappa shape index (κ1) is 36.1. The van der Waals surface area contributed by atoms with Crippen LogP contribution in [0.25, 0.3) is 11.3 Å². The number of aliphatic carboxylic acids is 1. The summed E-state index contributed by atoms with van der Waals surface area (Å²) in [5, 5.41) is 12.3. The quantitative estimate of drug-likeness (QED) is 0.278. The third kappa shape index (κ3) is 10.4. The SMILES string of the molecule is CCCCCOC(=O)N1CCN(C(=O)[C@H](CCC(=O)O)NC(=O)c2cc(N3CCC(CN4CCCC4)CC3)cc(-c3ccccc3)n2)CC1. The van der Waals surface area contributed by atoms with Gasteiger partial charge in [-0.15, -0.1) is 0 Å². The summed E-state index contributed by atoms with van der Waals surface area (Å²) in [7, 11) is 0. The molecule has 0 saturated carbocycles. The number of aromatic nitrogens is 1. The minimum atomic E-state index is -1.05. The zero-order valence-electron chi connectivity index (χ0n) is 28.9. The van der Waals surface area contributed by atoms with Crippen molar-refractivity contribution in [3.8, 4) is 11.3 Å². The van der Waals surface area contributed by atoms with E-state index >= 15 is 0 Å². The summed E-state index contributed by atoms with van der Waals surface area (Å²) in [6.45, 7) is 8.90. The molecule has 0 spiro atoms. The van der Waals surface area contributed by atoms with E-state index in [9.17, 15) is 24.3 Å². The average Bonchev–Trinajstić information content (AvgIpc) is 3.65. The van der Waals surface area contributed by atoms with Crippen LogP contribution in [-0.4, -0.2) is 120 Å². The molecule has 1 atom stereocenters. The number of rotatable bonds is 14. The number of amides is 3. The van der Waals surface area contributed by atoms with Gasteiger partial charge in [-0.05, 0) is 69.7 Å². The van der Waals surface area contributed by atoms with Crippen molar-refractivity contribution in [2.75, 3.05) is 70.4 Å². The maximum absolute atomic E-state index is 13.9. The van der Waals surface area contributed by atoms with Crippen molar-refractivity contribution in [1.82, 2.24) is 25.0 Å². The lowest BCUT2D eigenvalue weighted by molar-refractivity contribution is -0.138. The van der Waals surface area contributed by atoms with Crippen LogP contribution in [-0.2, 0) is 14.3 Å². The van der Waals surface area contributed by atoms with Crippen LogP contribution >= 0.6 is 0 Å². The number of piperidine rings is 1. The van der Waals surface area contributed by atoms with E-state index < -0.39 is 24.0 Å². The van der Waals surface area contributed by atoms with E-state index in [0.717, 1.165) is 63.0 Å². The number of anilines is 1. The summed E-state index contributed by atoms with van der Waals surface area (Å²) in [6.07, 6.45) is 6.84. The molecule has 0 bridgehead atoms. The lowest BCUT2D eigenvalue weighted by Crippen LogP contribution is -2.56. The fraction of sp³-hybridized carbons (Fsp3) is 0.595. The highest BCUT2D eigenvalue weighted by Gasteiger charge is 2.32. The van der Waals surface area contributed by atoms with Gasteiger partial charge < -0.3 is 34.8 Å². The highest BCUT2D eigenvalue weighted by atomic mass is 16.6. The molecule has 3 aliphatic rings. The van der Waals surface area contributed by atoms with E-state index in [1.807, 2.05) is 36.4 Å². The number of unbranched alkanes of at least 4 members (excludes halogenated alkanes) is 2. The summed E-state index contributed by atoms with van der Waals surface area (Å²) in [6, 6.07) is 12.5. The molecule has 0 radical (unpaired) electrons. The Bertz CT molecular complexity index is 1400. The molecule has 3 amide bonds. The second-order valence-corrected chi connectivity index (χ2v) is 13.5. The van der Waals surface area contributed by atoms with Crippen molar-refractivity contribution >= 4 is 29.6 Å². The van der Waals surface area contributed by atoms with Crippen molar-refractivity contribution in [2.45, 2.75) is 70.8 Å². The lowest BCUT2D eigenvalue weighted by Gasteiger charge is -2.36.